The largest absolute Gasteiger partial charge is 0.265 e. The molecule has 0 N–H and O–H groups in total. The van der Waals surface area contributed by atoms with E-state index < -0.39 is 0 Å². The number of hydrogen-bond acceptors (Lipinski definition) is 4. The molecule has 0 aromatic heterocycles. The topological polar surface area (TPSA) is 24.9 Å². The van der Waals surface area contributed by atoms with Crippen LogP contribution in [0.5, 0.6) is 0 Å². The van der Waals surface area contributed by atoms with Crippen LogP contribution in [0, 0.1) is 0 Å². The molecule has 0 amide bonds. The summed E-state index contributed by atoms with van der Waals surface area (Å²) in [7, 11) is 0.388. The maximum absolute atomic E-state index is 5.19. The summed E-state index contributed by atoms with van der Waals surface area (Å²) in [6.45, 7) is 1.34. The first-order valence-electron chi connectivity index (χ1n) is 3.39. The summed E-state index contributed by atoms with van der Waals surface area (Å²) in [5, 5.41) is 0. The highest BCUT2D eigenvalue weighted by atomic mass is 31.1. The normalized spacial score (nSPS) is 22.2. The Morgan fingerprint density at radius 2 is 1.55 bits per heavy atom. The molecule has 2 aliphatic rings. The van der Waals surface area contributed by atoms with Crippen LogP contribution in [0.1, 0.15) is 0 Å². The molecule has 5 heteroatoms. The summed E-state index contributed by atoms with van der Waals surface area (Å²) in [4.78, 5) is 13.9. The van der Waals surface area contributed by atoms with Crippen LogP contribution >= 0.6 is 8.88 Å². The van der Waals surface area contributed by atoms with E-state index in [4.69, 9.17) is 9.68 Å². The van der Waals surface area contributed by atoms with Gasteiger partial charge in [-0.25, -0.2) is 9.67 Å². The number of hydroxylamine groups is 2. The molecule has 0 saturated carbocycles. The SMILES string of the molecule is C1=CN(PN2C=CCO2)OC1. The Morgan fingerprint density at radius 3 is 1.91 bits per heavy atom. The van der Waals surface area contributed by atoms with Crippen LogP contribution in [0.4, 0.5) is 0 Å². The van der Waals surface area contributed by atoms with Crippen LogP contribution in [0.15, 0.2) is 24.6 Å². The summed E-state index contributed by atoms with van der Waals surface area (Å²) < 4.78 is 0. The van der Waals surface area contributed by atoms with Gasteiger partial charge >= 0.3 is 0 Å². The molecule has 0 saturated heterocycles. The molecule has 0 atom stereocenters. The Kier molecular flexibility index (Phi) is 2.08. The van der Waals surface area contributed by atoms with E-state index in [1.165, 1.54) is 0 Å². The van der Waals surface area contributed by atoms with Crippen molar-refractivity contribution in [1.82, 2.24) is 9.67 Å². The zero-order valence-corrected chi connectivity index (χ0v) is 6.93. The van der Waals surface area contributed by atoms with E-state index in [0.29, 0.717) is 22.1 Å². The van der Waals surface area contributed by atoms with E-state index in [0.717, 1.165) is 0 Å². The average Bonchev–Trinajstić information content (AvgIpc) is 2.60. The van der Waals surface area contributed by atoms with Crippen LogP contribution in [0.3, 0.4) is 0 Å². The third kappa shape index (κ3) is 1.71. The lowest BCUT2D eigenvalue weighted by atomic mass is 10.7. The van der Waals surface area contributed by atoms with Crippen LogP contribution < -0.4 is 0 Å². The van der Waals surface area contributed by atoms with Gasteiger partial charge in [0.1, 0.15) is 8.88 Å². The van der Waals surface area contributed by atoms with Crippen LogP contribution in [-0.4, -0.2) is 22.9 Å². The highest BCUT2D eigenvalue weighted by molar-refractivity contribution is 7.32. The summed E-state index contributed by atoms with van der Waals surface area (Å²) in [6.07, 6.45) is 7.75. The minimum Gasteiger partial charge on any atom is -0.265 e. The third-order valence-electron chi connectivity index (χ3n) is 1.30. The van der Waals surface area contributed by atoms with Gasteiger partial charge in [-0.1, -0.05) is 0 Å². The molecule has 0 spiro atoms. The smallest absolute Gasteiger partial charge is 0.134 e. The molecule has 2 aliphatic heterocycles. The van der Waals surface area contributed by atoms with Gasteiger partial charge in [0.15, 0.2) is 0 Å². The minimum atomic E-state index is 0.388. The first-order chi connectivity index (χ1) is 5.45. The van der Waals surface area contributed by atoms with E-state index in [1.807, 2.05) is 24.6 Å². The lowest BCUT2D eigenvalue weighted by molar-refractivity contribution is -0.0451. The zero-order chi connectivity index (χ0) is 7.52. The Balaban J connectivity index is 1.80. The second-order valence-corrected chi connectivity index (χ2v) is 3.19. The molecule has 0 radical (unpaired) electrons. The molecule has 0 aromatic rings. The van der Waals surface area contributed by atoms with Crippen molar-refractivity contribution in [2.75, 3.05) is 13.2 Å². The van der Waals surface area contributed by atoms with Crippen molar-refractivity contribution in [3.8, 4) is 0 Å². The molecule has 0 bridgehead atoms. The average molecular weight is 172 g/mol. The van der Waals surface area contributed by atoms with Crippen molar-refractivity contribution in [2.24, 2.45) is 0 Å². The van der Waals surface area contributed by atoms with Gasteiger partial charge in [0, 0.05) is 12.4 Å². The van der Waals surface area contributed by atoms with E-state index in [2.05, 4.69) is 0 Å². The number of nitrogens with zero attached hydrogens (tertiary/aromatic N) is 2. The predicted octanol–water partition coefficient (Wildman–Crippen LogP) is 1.02. The first-order valence-corrected chi connectivity index (χ1v) is 4.28. The second kappa shape index (κ2) is 3.22. The Hall–Kier alpha value is -0.570. The van der Waals surface area contributed by atoms with Crippen molar-refractivity contribution in [2.45, 2.75) is 0 Å². The van der Waals surface area contributed by atoms with Crippen LogP contribution in [0.25, 0.3) is 0 Å². The number of hydrogen-bond donors (Lipinski definition) is 0. The minimum absolute atomic E-state index is 0.388. The van der Waals surface area contributed by atoms with Crippen LogP contribution in [-0.2, 0) is 9.68 Å². The monoisotopic (exact) mass is 172 g/mol. The van der Waals surface area contributed by atoms with Crippen molar-refractivity contribution in [3.05, 3.63) is 24.6 Å². The van der Waals surface area contributed by atoms with Gasteiger partial charge in [-0.05, 0) is 12.2 Å². The molecule has 0 aliphatic carbocycles. The van der Waals surface area contributed by atoms with E-state index >= 15 is 0 Å². The third-order valence-corrected chi connectivity index (χ3v) is 2.25. The predicted molar refractivity (Wildman–Crippen MR) is 42.2 cm³/mol. The maximum Gasteiger partial charge on any atom is 0.134 e. The molecule has 0 aromatic carbocycles. The van der Waals surface area contributed by atoms with Gasteiger partial charge in [-0.3, -0.25) is 9.68 Å². The molecule has 2 rings (SSSR count). The molecule has 4 nitrogen and oxygen atoms in total. The Bertz CT molecular complexity index is 175. The van der Waals surface area contributed by atoms with Gasteiger partial charge in [-0.2, -0.15) is 0 Å². The van der Waals surface area contributed by atoms with Crippen molar-refractivity contribution in [3.63, 3.8) is 0 Å². The highest BCUT2D eigenvalue weighted by Gasteiger charge is 2.11. The maximum atomic E-state index is 5.19. The lowest BCUT2D eigenvalue weighted by Gasteiger charge is -2.20. The standard InChI is InChI=1S/C6H9N2O2P/c1-3-7(9-5-1)11-8-4-2-6-10-8/h1-4,11H,5-6H2. The molecular formula is C6H9N2O2P. The van der Waals surface area contributed by atoms with Crippen LogP contribution in [0.2, 0.25) is 0 Å². The fourth-order valence-corrected chi connectivity index (χ4v) is 1.63. The highest BCUT2D eigenvalue weighted by Crippen LogP contribution is 2.29. The second-order valence-electron chi connectivity index (χ2n) is 2.11. The van der Waals surface area contributed by atoms with E-state index in [1.54, 1.807) is 9.67 Å². The van der Waals surface area contributed by atoms with Gasteiger partial charge in [0.2, 0.25) is 0 Å². The molecule has 2 heterocycles. The van der Waals surface area contributed by atoms with E-state index in [9.17, 15) is 0 Å². The van der Waals surface area contributed by atoms with Gasteiger partial charge in [0.05, 0.1) is 13.2 Å². The zero-order valence-electron chi connectivity index (χ0n) is 5.93. The molecule has 0 unspecified atom stereocenters. The van der Waals surface area contributed by atoms with E-state index in [-0.39, 0.29) is 0 Å². The van der Waals surface area contributed by atoms with Gasteiger partial charge in [0.25, 0.3) is 0 Å². The summed E-state index contributed by atoms with van der Waals surface area (Å²) in [5.74, 6) is 0. The molecular weight excluding hydrogens is 163 g/mol. The summed E-state index contributed by atoms with van der Waals surface area (Å²) in [6, 6.07) is 0. The quantitative estimate of drug-likeness (QED) is 0.580. The molecule has 0 fully saturated rings. The van der Waals surface area contributed by atoms with Crippen molar-refractivity contribution < 1.29 is 9.68 Å². The lowest BCUT2D eigenvalue weighted by Crippen LogP contribution is -2.10. The first kappa shape index (κ1) is 7.10. The summed E-state index contributed by atoms with van der Waals surface area (Å²) in [5.41, 5.74) is 0. The Morgan fingerprint density at radius 1 is 1.00 bits per heavy atom. The van der Waals surface area contributed by atoms with Gasteiger partial charge in [-0.15, -0.1) is 0 Å². The molecule has 11 heavy (non-hydrogen) atoms. The van der Waals surface area contributed by atoms with Crippen molar-refractivity contribution >= 4 is 8.88 Å². The van der Waals surface area contributed by atoms with Gasteiger partial charge < -0.3 is 0 Å². The Labute approximate surface area is 66.9 Å². The summed E-state index contributed by atoms with van der Waals surface area (Å²) >= 11 is 0. The van der Waals surface area contributed by atoms with Crippen molar-refractivity contribution in [1.29, 1.82) is 0 Å². The molecule has 60 valence electrons. The number of rotatable bonds is 2. The fourth-order valence-electron chi connectivity index (χ4n) is 0.832. The fraction of sp³-hybridized carbons (Fsp3) is 0.333.